The van der Waals surface area contributed by atoms with Crippen molar-refractivity contribution >= 4 is 27.3 Å². The summed E-state index contributed by atoms with van der Waals surface area (Å²) in [7, 11) is 1.97. The van der Waals surface area contributed by atoms with Gasteiger partial charge in [0.05, 0.1) is 0 Å². The molecule has 78 valence electrons. The van der Waals surface area contributed by atoms with Crippen LogP contribution in [0.4, 0.5) is 0 Å². The molecular weight excluding hydrogens is 178 g/mol. The molecular formula is C8H18B2N2O2. The normalized spacial score (nSPS) is 10.1. The van der Waals surface area contributed by atoms with Crippen LogP contribution in [0.2, 0.25) is 0 Å². The van der Waals surface area contributed by atoms with Gasteiger partial charge in [0.25, 0.3) is 0 Å². The Morgan fingerprint density at radius 1 is 1.21 bits per heavy atom. The van der Waals surface area contributed by atoms with Crippen LogP contribution < -0.4 is 5.23 Å². The topological polar surface area (TPSA) is 49.4 Å². The van der Waals surface area contributed by atoms with Crippen molar-refractivity contribution in [3.63, 3.8) is 0 Å². The fourth-order valence-corrected chi connectivity index (χ4v) is 0.919. The highest BCUT2D eigenvalue weighted by atomic mass is 16.2. The molecule has 1 N–H and O–H groups in total. The summed E-state index contributed by atoms with van der Waals surface area (Å²) in [6, 6.07) is 0. The first-order chi connectivity index (χ1) is 6.36. The van der Waals surface area contributed by atoms with Crippen molar-refractivity contribution in [1.29, 1.82) is 0 Å². The van der Waals surface area contributed by atoms with Gasteiger partial charge in [0.1, 0.15) is 0 Å². The summed E-state index contributed by atoms with van der Waals surface area (Å²) in [5, 5.41) is 2.68. The molecule has 4 nitrogen and oxygen atoms in total. The molecule has 14 heavy (non-hydrogen) atoms. The van der Waals surface area contributed by atoms with Gasteiger partial charge in [0.15, 0.2) is 0 Å². The van der Waals surface area contributed by atoms with E-state index in [-0.39, 0.29) is 31.2 Å². The van der Waals surface area contributed by atoms with Gasteiger partial charge in [-0.05, 0) is 0 Å². The number of hydrogen-bond donors (Lipinski definition) is 1. The van der Waals surface area contributed by atoms with E-state index >= 15 is 0 Å². The minimum atomic E-state index is -0.0439. The summed E-state index contributed by atoms with van der Waals surface area (Å²) in [5.41, 5.74) is 0. The molecule has 0 bridgehead atoms. The lowest BCUT2D eigenvalue weighted by Crippen LogP contribution is -2.45. The molecule has 0 atom stereocenters. The van der Waals surface area contributed by atoms with Crippen molar-refractivity contribution < 1.29 is 9.59 Å². The van der Waals surface area contributed by atoms with Crippen molar-refractivity contribution in [2.75, 3.05) is 0 Å². The molecule has 0 aliphatic heterocycles. The van der Waals surface area contributed by atoms with Crippen molar-refractivity contribution in [3.05, 3.63) is 0 Å². The van der Waals surface area contributed by atoms with Gasteiger partial charge >= 0.3 is 7.55 Å². The van der Waals surface area contributed by atoms with Crippen LogP contribution >= 0.6 is 0 Å². The van der Waals surface area contributed by atoms with Gasteiger partial charge in [-0.3, -0.25) is 9.59 Å². The lowest BCUT2D eigenvalue weighted by Gasteiger charge is -2.19. The Kier molecular flexibility index (Phi) is 5.35. The zero-order valence-electron chi connectivity index (χ0n) is 9.63. The minimum Gasteiger partial charge on any atom is -0.422 e. The van der Waals surface area contributed by atoms with E-state index in [1.165, 1.54) is 4.72 Å². The zero-order chi connectivity index (χ0) is 11.3. The highest BCUT2D eigenvalue weighted by Gasteiger charge is 2.15. The number of amides is 2. The van der Waals surface area contributed by atoms with Gasteiger partial charge in [-0.1, -0.05) is 27.7 Å². The molecule has 0 aromatic carbocycles. The fourth-order valence-electron chi connectivity index (χ4n) is 0.919. The maximum atomic E-state index is 11.4. The molecule has 2 amide bonds. The van der Waals surface area contributed by atoms with Crippen molar-refractivity contribution in [3.8, 4) is 0 Å². The predicted octanol–water partition coefficient (Wildman–Crippen LogP) is -0.942. The molecule has 0 fully saturated rings. The molecule has 0 unspecified atom stereocenters. The second-order valence-corrected chi connectivity index (χ2v) is 4.04. The van der Waals surface area contributed by atoms with Crippen molar-refractivity contribution in [2.24, 2.45) is 11.8 Å². The Morgan fingerprint density at radius 3 is 2.07 bits per heavy atom. The second-order valence-electron chi connectivity index (χ2n) is 4.04. The number of nitrogens with one attached hydrogen (secondary N) is 1. The standard InChI is InChI=1S/C8H18B2N2O2/c1-5(2)7(13)11-10-12(9)8(14)6(3)4/h5-6,10H,9H2,1-4H3,(H,11,13). The average Bonchev–Trinajstić information content (AvgIpc) is 2.11. The highest BCUT2D eigenvalue weighted by molar-refractivity contribution is 6.48. The first-order valence-corrected chi connectivity index (χ1v) is 4.89. The molecule has 0 spiro atoms. The Balaban J connectivity index is 3.91. The third kappa shape index (κ3) is 4.35. The molecule has 0 saturated heterocycles. The predicted molar refractivity (Wildman–Crippen MR) is 60.4 cm³/mol. The van der Waals surface area contributed by atoms with Crippen LogP contribution in [0, 0.1) is 11.8 Å². The second kappa shape index (κ2) is 5.73. The van der Waals surface area contributed by atoms with E-state index in [1.807, 2.05) is 27.7 Å². The summed E-state index contributed by atoms with van der Waals surface area (Å²) < 4.78 is 1.52. The maximum absolute atomic E-state index is 11.4. The van der Waals surface area contributed by atoms with E-state index in [2.05, 4.69) is 5.23 Å². The van der Waals surface area contributed by atoms with Gasteiger partial charge in [0.2, 0.25) is 19.8 Å². The molecule has 0 rings (SSSR count). The van der Waals surface area contributed by atoms with Gasteiger partial charge in [0, 0.05) is 11.8 Å². The van der Waals surface area contributed by atoms with E-state index in [9.17, 15) is 9.59 Å². The summed E-state index contributed by atoms with van der Waals surface area (Å²) >= 11 is 0. The number of rotatable bonds is 4. The van der Waals surface area contributed by atoms with E-state index in [1.54, 1.807) is 7.98 Å². The largest absolute Gasteiger partial charge is 0.422 e. The monoisotopic (exact) mass is 196 g/mol. The number of hydrogen-bond acceptors (Lipinski definition) is 2. The van der Waals surface area contributed by atoms with E-state index in [0.29, 0.717) is 0 Å². The first kappa shape index (κ1) is 13.1. The zero-order valence-corrected chi connectivity index (χ0v) is 9.63. The quantitative estimate of drug-likeness (QED) is 0.589. The van der Waals surface area contributed by atoms with Crippen LogP contribution in [0.15, 0.2) is 0 Å². The Labute approximate surface area is 87.1 Å². The summed E-state index contributed by atoms with van der Waals surface area (Å²) in [4.78, 5) is 22.6. The molecule has 0 heterocycles. The molecule has 0 saturated carbocycles. The molecule has 0 aromatic rings. The molecule has 0 aliphatic carbocycles. The lowest BCUT2D eigenvalue weighted by molar-refractivity contribution is -0.126. The third-order valence-corrected chi connectivity index (χ3v) is 1.88. The van der Waals surface area contributed by atoms with Gasteiger partial charge in [-0.2, -0.15) is 0 Å². The number of nitrogens with zero attached hydrogens (tertiary/aromatic N) is 1. The van der Waals surface area contributed by atoms with Crippen LogP contribution in [0.1, 0.15) is 27.7 Å². The first-order valence-electron chi connectivity index (χ1n) is 4.89. The van der Waals surface area contributed by atoms with Crippen LogP contribution in [0.3, 0.4) is 0 Å². The average molecular weight is 196 g/mol. The molecule has 0 radical (unpaired) electrons. The SMILES string of the molecule is BN(BNC(=O)C(C)C)C(=O)C(C)C. The number of carbonyl (C=O) groups excluding carboxylic acids is 2. The summed E-state index contributed by atoms with van der Waals surface area (Å²) in [6.45, 7) is 7.31. The van der Waals surface area contributed by atoms with E-state index in [4.69, 9.17) is 0 Å². The van der Waals surface area contributed by atoms with Gasteiger partial charge in [-0.15, -0.1) is 0 Å². The van der Waals surface area contributed by atoms with Crippen LogP contribution in [-0.4, -0.2) is 32.1 Å². The van der Waals surface area contributed by atoms with Crippen molar-refractivity contribution in [1.82, 2.24) is 9.95 Å². The van der Waals surface area contributed by atoms with Gasteiger partial charge in [-0.25, -0.2) is 0 Å². The highest BCUT2D eigenvalue weighted by Crippen LogP contribution is 1.96. The Hall–Kier alpha value is -0.930. The Bertz CT molecular complexity index is 219. The molecule has 0 aromatic heterocycles. The van der Waals surface area contributed by atoms with E-state index < -0.39 is 0 Å². The van der Waals surface area contributed by atoms with Gasteiger partial charge < -0.3 is 9.95 Å². The summed E-state index contributed by atoms with van der Waals surface area (Å²) in [5.74, 6) is -0.0732. The van der Waals surface area contributed by atoms with Crippen LogP contribution in [0.5, 0.6) is 0 Å². The Morgan fingerprint density at radius 2 is 1.71 bits per heavy atom. The summed E-state index contributed by atoms with van der Waals surface area (Å²) in [6.07, 6.45) is 0. The number of carbonyl (C=O) groups is 2. The molecule has 0 aliphatic rings. The smallest absolute Gasteiger partial charge is 0.345 e. The van der Waals surface area contributed by atoms with Crippen LogP contribution in [-0.2, 0) is 9.59 Å². The van der Waals surface area contributed by atoms with E-state index in [0.717, 1.165) is 0 Å². The van der Waals surface area contributed by atoms with Crippen LogP contribution in [0.25, 0.3) is 0 Å². The third-order valence-electron chi connectivity index (χ3n) is 1.88. The van der Waals surface area contributed by atoms with Crippen molar-refractivity contribution in [2.45, 2.75) is 27.7 Å². The molecule has 6 heteroatoms. The minimum absolute atomic E-state index is 0.0315. The maximum Gasteiger partial charge on any atom is 0.345 e. The lowest BCUT2D eigenvalue weighted by atomic mass is 9.96. The fraction of sp³-hybridized carbons (Fsp3) is 0.750.